The van der Waals surface area contributed by atoms with E-state index in [2.05, 4.69) is 46.4 Å². The lowest BCUT2D eigenvalue weighted by Gasteiger charge is -2.01. The van der Waals surface area contributed by atoms with Crippen LogP contribution >= 0.6 is 0 Å². The van der Waals surface area contributed by atoms with Crippen molar-refractivity contribution in [3.63, 3.8) is 0 Å². The molecular weight excluding hydrogens is 200 g/mol. The number of hydrogen-bond donors (Lipinski definition) is 1. The molecule has 0 aromatic carbocycles. The molecule has 0 atom stereocenters. The Labute approximate surface area is 95.7 Å². The van der Waals surface area contributed by atoms with Gasteiger partial charge in [0, 0.05) is 25.5 Å². The first-order valence-electron chi connectivity index (χ1n) is 5.57. The maximum atomic E-state index is 5.48. The number of rotatable bonds is 4. The van der Waals surface area contributed by atoms with E-state index in [0.29, 0.717) is 0 Å². The van der Waals surface area contributed by atoms with Gasteiger partial charge in [-0.25, -0.2) is 4.98 Å². The van der Waals surface area contributed by atoms with Crippen LogP contribution in [0.2, 0.25) is 0 Å². The number of aryl methyl sites for hydroxylation is 2. The fourth-order valence-corrected chi connectivity index (χ4v) is 1.76. The molecule has 0 aliphatic heterocycles. The van der Waals surface area contributed by atoms with Gasteiger partial charge in [-0.3, -0.25) is 0 Å². The van der Waals surface area contributed by atoms with E-state index in [1.165, 1.54) is 5.69 Å². The highest BCUT2D eigenvalue weighted by Crippen LogP contribution is 2.19. The summed E-state index contributed by atoms with van der Waals surface area (Å²) < 4.78 is 4.24. The summed E-state index contributed by atoms with van der Waals surface area (Å²) in [5.41, 5.74) is 8.90. The number of hydrogen-bond acceptors (Lipinski definition) is 2. The largest absolute Gasteiger partial charge is 0.347 e. The van der Waals surface area contributed by atoms with Crippen molar-refractivity contribution in [1.82, 2.24) is 14.1 Å². The Morgan fingerprint density at radius 2 is 2.19 bits per heavy atom. The Hall–Kier alpha value is -1.55. The van der Waals surface area contributed by atoms with Crippen LogP contribution in [0.15, 0.2) is 24.7 Å². The molecule has 2 aromatic rings. The number of nitrogens with zero attached hydrogens (tertiary/aromatic N) is 3. The van der Waals surface area contributed by atoms with Crippen LogP contribution in [0, 0.1) is 6.92 Å². The molecule has 0 bridgehead atoms. The Morgan fingerprint density at radius 1 is 1.38 bits per heavy atom. The van der Waals surface area contributed by atoms with Gasteiger partial charge in [-0.15, -0.1) is 0 Å². The average molecular weight is 218 g/mol. The normalized spacial score (nSPS) is 10.9. The lowest BCUT2D eigenvalue weighted by molar-refractivity contribution is 0.650. The van der Waals surface area contributed by atoms with E-state index in [1.807, 2.05) is 6.33 Å². The van der Waals surface area contributed by atoms with Crippen molar-refractivity contribution in [3.05, 3.63) is 30.4 Å². The number of nitrogens with two attached hydrogens (primary N) is 1. The molecule has 86 valence electrons. The minimum atomic E-state index is 0.719. The van der Waals surface area contributed by atoms with Crippen LogP contribution in [0.3, 0.4) is 0 Å². The summed E-state index contributed by atoms with van der Waals surface area (Å²) in [6.07, 6.45) is 4.93. The van der Waals surface area contributed by atoms with E-state index in [4.69, 9.17) is 5.73 Å². The molecule has 0 aliphatic carbocycles. The van der Waals surface area contributed by atoms with Crippen LogP contribution in [0.1, 0.15) is 12.1 Å². The van der Waals surface area contributed by atoms with Crippen molar-refractivity contribution >= 4 is 0 Å². The van der Waals surface area contributed by atoms with Crippen molar-refractivity contribution < 1.29 is 0 Å². The molecule has 0 radical (unpaired) electrons. The van der Waals surface area contributed by atoms with E-state index in [1.54, 1.807) is 0 Å². The predicted molar refractivity (Wildman–Crippen MR) is 65.0 cm³/mol. The fraction of sp³-hybridized carbons (Fsp3) is 0.417. The highest BCUT2D eigenvalue weighted by atomic mass is 15.1. The monoisotopic (exact) mass is 218 g/mol. The van der Waals surface area contributed by atoms with Gasteiger partial charge in [0.15, 0.2) is 0 Å². The van der Waals surface area contributed by atoms with Crippen molar-refractivity contribution in [2.75, 3.05) is 6.54 Å². The molecule has 0 saturated carbocycles. The second-order valence-electron chi connectivity index (χ2n) is 4.06. The third-order valence-electron chi connectivity index (χ3n) is 2.89. The maximum Gasteiger partial charge on any atom is 0.105 e. The molecular formula is C12H18N4. The fourth-order valence-electron chi connectivity index (χ4n) is 1.76. The number of aromatic nitrogens is 3. The van der Waals surface area contributed by atoms with Gasteiger partial charge < -0.3 is 14.9 Å². The van der Waals surface area contributed by atoms with Gasteiger partial charge in [0.25, 0.3) is 0 Å². The molecule has 0 unspecified atom stereocenters. The Balaban J connectivity index is 2.21. The van der Waals surface area contributed by atoms with E-state index in [0.717, 1.165) is 30.9 Å². The highest BCUT2D eigenvalue weighted by molar-refractivity contribution is 5.55. The van der Waals surface area contributed by atoms with Crippen LogP contribution in [0.5, 0.6) is 0 Å². The zero-order chi connectivity index (χ0) is 11.5. The minimum absolute atomic E-state index is 0.719. The lowest BCUT2D eigenvalue weighted by atomic mass is 10.3. The second-order valence-corrected chi connectivity index (χ2v) is 4.06. The molecule has 4 nitrogen and oxygen atoms in total. The van der Waals surface area contributed by atoms with Crippen molar-refractivity contribution in [2.24, 2.45) is 12.8 Å². The summed E-state index contributed by atoms with van der Waals surface area (Å²) in [5, 5.41) is 0. The van der Waals surface area contributed by atoms with Crippen molar-refractivity contribution in [1.29, 1.82) is 0 Å². The SMILES string of the molecule is Cc1ccc(-c2cn(CCCN)cn2)n1C. The van der Waals surface area contributed by atoms with Gasteiger partial charge >= 0.3 is 0 Å². The third kappa shape index (κ3) is 2.02. The van der Waals surface area contributed by atoms with Gasteiger partial charge in [-0.05, 0) is 32.0 Å². The summed E-state index contributed by atoms with van der Waals surface area (Å²) in [7, 11) is 2.06. The molecule has 2 rings (SSSR count). The van der Waals surface area contributed by atoms with Gasteiger partial charge in [-0.2, -0.15) is 0 Å². The molecule has 2 N–H and O–H groups in total. The molecule has 0 saturated heterocycles. The van der Waals surface area contributed by atoms with Crippen molar-refractivity contribution in [2.45, 2.75) is 19.9 Å². The summed E-state index contributed by atoms with van der Waals surface area (Å²) in [6.45, 7) is 3.75. The first-order chi connectivity index (χ1) is 7.72. The van der Waals surface area contributed by atoms with Gasteiger partial charge in [0.2, 0.25) is 0 Å². The van der Waals surface area contributed by atoms with Crippen molar-refractivity contribution in [3.8, 4) is 11.4 Å². The molecule has 0 aliphatic rings. The third-order valence-corrected chi connectivity index (χ3v) is 2.89. The van der Waals surface area contributed by atoms with Crippen LogP contribution in [0.4, 0.5) is 0 Å². The average Bonchev–Trinajstić information content (AvgIpc) is 2.85. The minimum Gasteiger partial charge on any atom is -0.347 e. The summed E-state index contributed by atoms with van der Waals surface area (Å²) in [4.78, 5) is 4.41. The molecule has 16 heavy (non-hydrogen) atoms. The Bertz CT molecular complexity index is 467. The smallest absolute Gasteiger partial charge is 0.105 e. The number of imidazole rings is 1. The maximum absolute atomic E-state index is 5.48. The molecule has 0 fully saturated rings. The zero-order valence-corrected chi connectivity index (χ0v) is 9.85. The van der Waals surface area contributed by atoms with Gasteiger partial charge in [0.1, 0.15) is 5.69 Å². The summed E-state index contributed by atoms with van der Waals surface area (Å²) >= 11 is 0. The molecule has 0 amide bonds. The summed E-state index contributed by atoms with van der Waals surface area (Å²) in [6, 6.07) is 4.21. The van der Waals surface area contributed by atoms with Crippen LogP contribution < -0.4 is 5.73 Å². The highest BCUT2D eigenvalue weighted by Gasteiger charge is 2.06. The van der Waals surface area contributed by atoms with Crippen LogP contribution in [-0.4, -0.2) is 20.7 Å². The Kier molecular flexibility index (Phi) is 3.10. The molecule has 2 heterocycles. The van der Waals surface area contributed by atoms with E-state index in [-0.39, 0.29) is 0 Å². The van der Waals surface area contributed by atoms with Crippen LogP contribution in [0.25, 0.3) is 11.4 Å². The zero-order valence-electron chi connectivity index (χ0n) is 9.85. The van der Waals surface area contributed by atoms with Gasteiger partial charge in [0.05, 0.1) is 12.0 Å². The second kappa shape index (κ2) is 4.53. The summed E-state index contributed by atoms with van der Waals surface area (Å²) in [5.74, 6) is 0. The van der Waals surface area contributed by atoms with E-state index in [9.17, 15) is 0 Å². The molecule has 2 aromatic heterocycles. The molecule has 4 heteroatoms. The topological polar surface area (TPSA) is 48.8 Å². The lowest BCUT2D eigenvalue weighted by Crippen LogP contribution is -2.04. The molecule has 0 spiro atoms. The Morgan fingerprint density at radius 3 is 2.81 bits per heavy atom. The first-order valence-corrected chi connectivity index (χ1v) is 5.57. The first kappa shape index (κ1) is 11.0. The predicted octanol–water partition coefficient (Wildman–Crippen LogP) is 1.55. The van der Waals surface area contributed by atoms with E-state index >= 15 is 0 Å². The van der Waals surface area contributed by atoms with Crippen LogP contribution in [-0.2, 0) is 13.6 Å². The van der Waals surface area contributed by atoms with Gasteiger partial charge in [-0.1, -0.05) is 0 Å². The van der Waals surface area contributed by atoms with E-state index < -0.39 is 0 Å². The standard InChI is InChI=1S/C12H18N4/c1-10-4-5-12(15(10)2)11-8-16(9-14-11)7-3-6-13/h4-5,8-9H,3,6-7,13H2,1-2H3. The quantitative estimate of drug-likeness (QED) is 0.846.